The molecule has 0 aliphatic heterocycles. The molecule has 0 saturated carbocycles. The van der Waals surface area contributed by atoms with Crippen LogP contribution in [0.2, 0.25) is 0 Å². The van der Waals surface area contributed by atoms with Crippen LogP contribution in [0.1, 0.15) is 4.88 Å². The molecule has 0 aliphatic carbocycles. The van der Waals surface area contributed by atoms with E-state index in [9.17, 15) is 16.8 Å². The topological polar surface area (TPSA) is 106 Å². The van der Waals surface area contributed by atoms with Gasteiger partial charge in [0.25, 0.3) is 10.0 Å². The minimum absolute atomic E-state index is 0.00371. The van der Waals surface area contributed by atoms with Gasteiger partial charge in [-0.2, -0.15) is 0 Å². The molecule has 2 rings (SSSR count). The Bertz CT molecular complexity index is 822. The second-order valence-electron chi connectivity index (χ2n) is 3.65. The van der Waals surface area contributed by atoms with Crippen molar-refractivity contribution in [3.8, 4) is 0 Å². The van der Waals surface area contributed by atoms with E-state index < -0.39 is 20.0 Å². The molecule has 0 aromatic carbocycles. The second-order valence-corrected chi connectivity index (χ2v) is 10.3. The van der Waals surface area contributed by atoms with Crippen LogP contribution in [0, 0.1) is 0 Å². The zero-order chi connectivity index (χ0) is 15.0. The normalized spacial score (nSPS) is 12.7. The third-order valence-corrected chi connectivity index (χ3v) is 8.78. The fraction of sp³-hybridized carbons (Fsp3) is 0.111. The highest BCUT2D eigenvalue weighted by Crippen LogP contribution is 2.28. The first kappa shape index (κ1) is 16.1. The molecule has 0 atom stereocenters. The van der Waals surface area contributed by atoms with Crippen molar-refractivity contribution in [2.45, 2.75) is 15.0 Å². The first-order chi connectivity index (χ1) is 9.20. The second kappa shape index (κ2) is 5.83. The van der Waals surface area contributed by atoms with Crippen molar-refractivity contribution >= 4 is 58.7 Å². The van der Waals surface area contributed by atoms with Crippen LogP contribution in [-0.4, -0.2) is 16.8 Å². The molecule has 0 fully saturated rings. The van der Waals surface area contributed by atoms with Gasteiger partial charge in [0.05, 0.1) is 0 Å². The number of primary sulfonamides is 1. The SMILES string of the molecule is NS(=O)(=O)c1ccc(CNS(=O)(=O)c2sccc2Br)s1. The number of nitrogens with two attached hydrogens (primary N) is 1. The van der Waals surface area contributed by atoms with Gasteiger partial charge in [-0.1, -0.05) is 0 Å². The minimum Gasteiger partial charge on any atom is -0.224 e. The summed E-state index contributed by atoms with van der Waals surface area (Å²) >= 11 is 5.18. The number of rotatable bonds is 5. The minimum atomic E-state index is -3.75. The highest BCUT2D eigenvalue weighted by molar-refractivity contribution is 9.10. The molecule has 2 aromatic rings. The van der Waals surface area contributed by atoms with Crippen molar-refractivity contribution in [3.63, 3.8) is 0 Å². The lowest BCUT2D eigenvalue weighted by molar-refractivity contribution is 0.583. The van der Waals surface area contributed by atoms with E-state index in [4.69, 9.17) is 5.14 Å². The van der Waals surface area contributed by atoms with Crippen LogP contribution >= 0.6 is 38.6 Å². The fourth-order valence-corrected chi connectivity index (χ4v) is 6.51. The lowest BCUT2D eigenvalue weighted by Crippen LogP contribution is -2.22. The van der Waals surface area contributed by atoms with E-state index in [-0.39, 0.29) is 15.0 Å². The smallest absolute Gasteiger partial charge is 0.224 e. The van der Waals surface area contributed by atoms with E-state index in [1.165, 1.54) is 12.1 Å². The lowest BCUT2D eigenvalue weighted by Gasteiger charge is -2.03. The predicted octanol–water partition coefficient (Wildman–Crippen LogP) is 1.70. The molecule has 2 aromatic heterocycles. The molecule has 0 aliphatic rings. The van der Waals surface area contributed by atoms with Gasteiger partial charge in [-0.3, -0.25) is 0 Å². The summed E-state index contributed by atoms with van der Waals surface area (Å²) in [6.07, 6.45) is 0. The van der Waals surface area contributed by atoms with Crippen molar-refractivity contribution in [3.05, 3.63) is 32.9 Å². The molecule has 0 bridgehead atoms. The zero-order valence-electron chi connectivity index (χ0n) is 9.74. The Morgan fingerprint density at radius 2 is 1.90 bits per heavy atom. The molecule has 0 saturated heterocycles. The monoisotopic (exact) mass is 416 g/mol. The number of halogens is 1. The summed E-state index contributed by atoms with van der Waals surface area (Å²) in [6, 6.07) is 4.52. The zero-order valence-corrected chi connectivity index (χ0v) is 14.6. The summed E-state index contributed by atoms with van der Waals surface area (Å²) in [5.41, 5.74) is 0. The van der Waals surface area contributed by atoms with Crippen molar-refractivity contribution in [1.29, 1.82) is 0 Å². The van der Waals surface area contributed by atoms with Crippen LogP contribution in [0.25, 0.3) is 0 Å². The lowest BCUT2D eigenvalue weighted by atomic mass is 10.5. The highest BCUT2D eigenvalue weighted by atomic mass is 79.9. The first-order valence-electron chi connectivity index (χ1n) is 5.04. The maximum absolute atomic E-state index is 12.0. The molecule has 110 valence electrons. The summed E-state index contributed by atoms with van der Waals surface area (Å²) in [7, 11) is -7.37. The molecule has 3 N–H and O–H groups in total. The van der Waals surface area contributed by atoms with Gasteiger partial charge in [-0.25, -0.2) is 26.7 Å². The summed E-state index contributed by atoms with van der Waals surface area (Å²) in [5.74, 6) is 0. The van der Waals surface area contributed by atoms with E-state index in [0.717, 1.165) is 22.7 Å². The Labute approximate surface area is 132 Å². The summed E-state index contributed by atoms with van der Waals surface area (Å²) < 4.78 is 49.4. The molecule has 2 heterocycles. The molecular formula is C9H9BrN2O4S4. The van der Waals surface area contributed by atoms with Crippen LogP contribution in [0.4, 0.5) is 0 Å². The number of sulfonamides is 2. The summed E-state index contributed by atoms with van der Waals surface area (Å²) in [6.45, 7) is 0.00681. The van der Waals surface area contributed by atoms with Crippen molar-refractivity contribution in [1.82, 2.24) is 4.72 Å². The van der Waals surface area contributed by atoms with Crippen LogP contribution in [0.3, 0.4) is 0 Å². The standard InChI is InChI=1S/C9H9BrN2O4S4/c10-7-3-4-17-9(7)20(15,16)12-5-6-1-2-8(18-6)19(11,13)14/h1-4,12H,5H2,(H2,11,13,14). The van der Waals surface area contributed by atoms with Crippen molar-refractivity contribution in [2.24, 2.45) is 5.14 Å². The average molecular weight is 417 g/mol. The predicted molar refractivity (Wildman–Crippen MR) is 81.7 cm³/mol. The van der Waals surface area contributed by atoms with Crippen molar-refractivity contribution < 1.29 is 16.8 Å². The Morgan fingerprint density at radius 3 is 2.40 bits per heavy atom. The van der Waals surface area contributed by atoms with E-state index in [0.29, 0.717) is 9.35 Å². The van der Waals surface area contributed by atoms with Gasteiger partial charge in [0.2, 0.25) is 10.0 Å². The van der Waals surface area contributed by atoms with E-state index in [1.54, 1.807) is 11.4 Å². The number of thiophene rings is 2. The van der Waals surface area contributed by atoms with Crippen LogP contribution in [0.15, 0.2) is 36.5 Å². The maximum atomic E-state index is 12.0. The summed E-state index contributed by atoms with van der Waals surface area (Å²) in [4.78, 5) is 0.560. The average Bonchev–Trinajstić information content (AvgIpc) is 2.94. The molecule has 20 heavy (non-hydrogen) atoms. The van der Waals surface area contributed by atoms with Gasteiger partial charge in [0, 0.05) is 15.9 Å². The quantitative estimate of drug-likeness (QED) is 0.772. The maximum Gasteiger partial charge on any atom is 0.251 e. The Hall–Kier alpha value is -0.300. The van der Waals surface area contributed by atoms with Crippen LogP contribution < -0.4 is 9.86 Å². The van der Waals surface area contributed by atoms with Crippen LogP contribution in [0.5, 0.6) is 0 Å². The molecule has 0 unspecified atom stereocenters. The Balaban J connectivity index is 2.13. The van der Waals surface area contributed by atoms with Gasteiger partial charge >= 0.3 is 0 Å². The van der Waals surface area contributed by atoms with Gasteiger partial charge < -0.3 is 0 Å². The molecular weight excluding hydrogens is 408 g/mol. The largest absolute Gasteiger partial charge is 0.251 e. The van der Waals surface area contributed by atoms with Gasteiger partial charge in [0.1, 0.15) is 8.42 Å². The van der Waals surface area contributed by atoms with E-state index in [2.05, 4.69) is 20.7 Å². The molecule has 0 radical (unpaired) electrons. The van der Waals surface area contributed by atoms with Crippen molar-refractivity contribution in [2.75, 3.05) is 0 Å². The van der Waals surface area contributed by atoms with E-state index >= 15 is 0 Å². The number of hydrogen-bond donors (Lipinski definition) is 2. The molecule has 0 amide bonds. The van der Waals surface area contributed by atoms with Gasteiger partial charge in [0.15, 0.2) is 0 Å². The fourth-order valence-electron chi connectivity index (χ4n) is 1.31. The van der Waals surface area contributed by atoms with Gasteiger partial charge in [-0.15, -0.1) is 22.7 Å². The first-order valence-corrected chi connectivity index (χ1v) is 10.6. The number of nitrogens with one attached hydrogen (secondary N) is 1. The molecule has 11 heteroatoms. The van der Waals surface area contributed by atoms with Gasteiger partial charge in [-0.05, 0) is 39.5 Å². The number of hydrogen-bond acceptors (Lipinski definition) is 6. The van der Waals surface area contributed by atoms with Crippen LogP contribution in [-0.2, 0) is 26.6 Å². The van der Waals surface area contributed by atoms with E-state index in [1.807, 2.05) is 0 Å². The molecule has 6 nitrogen and oxygen atoms in total. The molecule has 0 spiro atoms. The Morgan fingerprint density at radius 1 is 1.20 bits per heavy atom. The highest BCUT2D eigenvalue weighted by Gasteiger charge is 2.19. The Kier molecular flexibility index (Phi) is 4.69. The third-order valence-electron chi connectivity index (χ3n) is 2.18. The summed E-state index contributed by atoms with van der Waals surface area (Å²) in [5, 5.41) is 6.64. The third kappa shape index (κ3) is 3.67.